The maximum absolute atomic E-state index is 12.5. The number of carbonyl (C=O) groups is 1. The molecular weight excluding hydrogens is 306 g/mol. The molecule has 0 saturated carbocycles. The first kappa shape index (κ1) is 14.1. The van der Waals surface area contributed by atoms with E-state index in [4.69, 9.17) is 4.74 Å². The van der Waals surface area contributed by atoms with Crippen LogP contribution in [0.4, 0.5) is 5.82 Å². The number of hydrogen-bond donors (Lipinski definition) is 2. The summed E-state index contributed by atoms with van der Waals surface area (Å²) in [4.78, 5) is 21.0. The predicted molar refractivity (Wildman–Crippen MR) is 90.1 cm³/mol. The molecule has 24 heavy (non-hydrogen) atoms. The summed E-state index contributed by atoms with van der Waals surface area (Å²) in [7, 11) is 1.59. The van der Waals surface area contributed by atoms with Crippen LogP contribution in [-0.4, -0.2) is 33.2 Å². The Balaban J connectivity index is 1.67. The number of aromatic nitrogens is 4. The molecule has 2 heterocycles. The van der Waals surface area contributed by atoms with Gasteiger partial charge in [-0.15, -0.1) is 0 Å². The summed E-state index contributed by atoms with van der Waals surface area (Å²) in [6.07, 6.45) is 1.45. The minimum Gasteiger partial charge on any atom is -0.497 e. The number of anilines is 1. The second-order valence-corrected chi connectivity index (χ2v) is 5.18. The van der Waals surface area contributed by atoms with Crippen LogP contribution in [0, 0.1) is 0 Å². The Hall–Kier alpha value is -3.48. The lowest BCUT2D eigenvalue weighted by molar-refractivity contribution is 0.102. The SMILES string of the molecule is COc1ccc2[nH]nc(NC(=O)c3cnc4ccccc4n3)c2c1. The fraction of sp³-hybridized carbons (Fsp3) is 0.0588. The number of H-pyrrole nitrogens is 1. The molecule has 7 heteroatoms. The molecular formula is C17H13N5O2. The van der Waals surface area contributed by atoms with E-state index in [1.165, 1.54) is 6.20 Å². The maximum atomic E-state index is 12.5. The number of carbonyl (C=O) groups excluding carboxylic acids is 1. The molecule has 2 aromatic heterocycles. The zero-order valence-electron chi connectivity index (χ0n) is 12.8. The molecule has 0 aliphatic heterocycles. The van der Waals surface area contributed by atoms with Crippen molar-refractivity contribution in [1.82, 2.24) is 20.2 Å². The number of nitrogens with zero attached hydrogens (tertiary/aromatic N) is 3. The van der Waals surface area contributed by atoms with Crippen molar-refractivity contribution < 1.29 is 9.53 Å². The van der Waals surface area contributed by atoms with E-state index in [1.807, 2.05) is 36.4 Å². The monoisotopic (exact) mass is 319 g/mol. The van der Waals surface area contributed by atoms with E-state index < -0.39 is 0 Å². The Kier molecular flexibility index (Phi) is 3.31. The van der Waals surface area contributed by atoms with Gasteiger partial charge in [-0.3, -0.25) is 14.9 Å². The Labute approximate surface area is 136 Å². The number of aromatic amines is 1. The standard InChI is InChI=1S/C17H13N5O2/c1-24-10-6-7-12-11(8-10)16(22-21-12)20-17(23)15-9-18-13-4-2-3-5-14(13)19-15/h2-9H,1H3,(H2,20,21,22,23). The molecule has 4 aromatic rings. The summed E-state index contributed by atoms with van der Waals surface area (Å²) in [6.45, 7) is 0. The van der Waals surface area contributed by atoms with Gasteiger partial charge in [0.05, 0.1) is 29.9 Å². The van der Waals surface area contributed by atoms with Crippen molar-refractivity contribution in [2.75, 3.05) is 12.4 Å². The van der Waals surface area contributed by atoms with Crippen molar-refractivity contribution >= 4 is 33.7 Å². The highest BCUT2D eigenvalue weighted by molar-refractivity contribution is 6.07. The molecule has 0 radical (unpaired) electrons. The van der Waals surface area contributed by atoms with Crippen LogP contribution < -0.4 is 10.1 Å². The minimum absolute atomic E-state index is 0.229. The molecule has 0 spiro atoms. The quantitative estimate of drug-likeness (QED) is 0.605. The van der Waals surface area contributed by atoms with E-state index in [0.29, 0.717) is 17.1 Å². The molecule has 2 aromatic carbocycles. The van der Waals surface area contributed by atoms with E-state index in [2.05, 4.69) is 25.5 Å². The average molecular weight is 319 g/mol. The molecule has 4 rings (SSSR count). The van der Waals surface area contributed by atoms with Gasteiger partial charge in [0.2, 0.25) is 0 Å². The fourth-order valence-electron chi connectivity index (χ4n) is 2.45. The first-order valence-corrected chi connectivity index (χ1v) is 7.30. The molecule has 118 valence electrons. The van der Waals surface area contributed by atoms with Crippen LogP contribution in [0.5, 0.6) is 5.75 Å². The van der Waals surface area contributed by atoms with Crippen LogP contribution >= 0.6 is 0 Å². The highest BCUT2D eigenvalue weighted by Gasteiger charge is 2.14. The van der Waals surface area contributed by atoms with Gasteiger partial charge in [-0.25, -0.2) is 4.98 Å². The molecule has 0 unspecified atom stereocenters. The first-order chi connectivity index (χ1) is 11.7. The van der Waals surface area contributed by atoms with E-state index in [9.17, 15) is 4.79 Å². The number of hydrogen-bond acceptors (Lipinski definition) is 5. The van der Waals surface area contributed by atoms with E-state index in [-0.39, 0.29) is 11.6 Å². The lowest BCUT2D eigenvalue weighted by Crippen LogP contribution is -2.14. The van der Waals surface area contributed by atoms with Crippen molar-refractivity contribution in [3.63, 3.8) is 0 Å². The molecule has 1 amide bonds. The van der Waals surface area contributed by atoms with Gasteiger partial charge in [-0.2, -0.15) is 5.10 Å². The van der Waals surface area contributed by atoms with E-state index >= 15 is 0 Å². The van der Waals surface area contributed by atoms with Crippen LogP contribution in [0.2, 0.25) is 0 Å². The van der Waals surface area contributed by atoms with Crippen molar-refractivity contribution in [2.45, 2.75) is 0 Å². The molecule has 7 nitrogen and oxygen atoms in total. The summed E-state index contributed by atoms with van der Waals surface area (Å²) in [6, 6.07) is 12.9. The molecule has 0 atom stereocenters. The largest absolute Gasteiger partial charge is 0.497 e. The number of benzene rings is 2. The van der Waals surface area contributed by atoms with Crippen LogP contribution in [0.3, 0.4) is 0 Å². The van der Waals surface area contributed by atoms with Gasteiger partial charge in [0.15, 0.2) is 5.82 Å². The Morgan fingerprint density at radius 2 is 2.00 bits per heavy atom. The topological polar surface area (TPSA) is 92.8 Å². The minimum atomic E-state index is -0.371. The third kappa shape index (κ3) is 2.41. The number of methoxy groups -OCH3 is 1. The van der Waals surface area contributed by atoms with Gasteiger partial charge in [0.1, 0.15) is 11.4 Å². The highest BCUT2D eigenvalue weighted by Crippen LogP contribution is 2.25. The second-order valence-electron chi connectivity index (χ2n) is 5.18. The molecule has 0 saturated heterocycles. The number of amides is 1. The molecule has 0 aliphatic carbocycles. The molecule has 0 bridgehead atoms. The average Bonchev–Trinajstić information content (AvgIpc) is 3.03. The Morgan fingerprint density at radius 1 is 1.17 bits per heavy atom. The van der Waals surface area contributed by atoms with Crippen LogP contribution in [0.25, 0.3) is 21.9 Å². The molecule has 0 aliphatic rings. The van der Waals surface area contributed by atoms with E-state index in [0.717, 1.165) is 16.4 Å². The van der Waals surface area contributed by atoms with Crippen molar-refractivity contribution in [1.29, 1.82) is 0 Å². The summed E-state index contributed by atoms with van der Waals surface area (Å²) >= 11 is 0. The number of para-hydroxylation sites is 2. The van der Waals surface area contributed by atoms with E-state index in [1.54, 1.807) is 13.2 Å². The lowest BCUT2D eigenvalue weighted by atomic mass is 10.2. The van der Waals surface area contributed by atoms with Crippen molar-refractivity contribution in [2.24, 2.45) is 0 Å². The predicted octanol–water partition coefficient (Wildman–Crippen LogP) is 2.77. The summed E-state index contributed by atoms with van der Waals surface area (Å²) in [5.41, 5.74) is 2.44. The normalized spacial score (nSPS) is 10.9. The third-order valence-electron chi connectivity index (χ3n) is 3.68. The van der Waals surface area contributed by atoms with Gasteiger partial charge < -0.3 is 10.1 Å². The summed E-state index contributed by atoms with van der Waals surface area (Å²) in [5, 5.41) is 10.5. The smallest absolute Gasteiger partial charge is 0.277 e. The first-order valence-electron chi connectivity index (χ1n) is 7.30. The number of ether oxygens (including phenoxy) is 1. The number of nitrogens with one attached hydrogen (secondary N) is 2. The second kappa shape index (κ2) is 5.62. The summed E-state index contributed by atoms with van der Waals surface area (Å²) in [5.74, 6) is 0.734. The van der Waals surface area contributed by atoms with Crippen LogP contribution in [0.15, 0.2) is 48.7 Å². The van der Waals surface area contributed by atoms with Gasteiger partial charge in [0, 0.05) is 5.39 Å². The maximum Gasteiger partial charge on any atom is 0.277 e. The van der Waals surface area contributed by atoms with Crippen LogP contribution in [-0.2, 0) is 0 Å². The lowest BCUT2D eigenvalue weighted by Gasteiger charge is -2.04. The molecule has 2 N–H and O–H groups in total. The van der Waals surface area contributed by atoms with Crippen molar-refractivity contribution in [3.8, 4) is 5.75 Å². The van der Waals surface area contributed by atoms with Crippen molar-refractivity contribution in [3.05, 3.63) is 54.4 Å². The fourth-order valence-corrected chi connectivity index (χ4v) is 2.45. The molecule has 0 fully saturated rings. The third-order valence-corrected chi connectivity index (χ3v) is 3.68. The Bertz CT molecular complexity index is 1060. The summed E-state index contributed by atoms with van der Waals surface area (Å²) < 4.78 is 5.21. The zero-order valence-corrected chi connectivity index (χ0v) is 12.8. The Morgan fingerprint density at radius 3 is 2.83 bits per heavy atom. The van der Waals surface area contributed by atoms with Crippen LogP contribution in [0.1, 0.15) is 10.5 Å². The van der Waals surface area contributed by atoms with Gasteiger partial charge in [-0.1, -0.05) is 12.1 Å². The van der Waals surface area contributed by atoms with Gasteiger partial charge in [-0.05, 0) is 30.3 Å². The zero-order chi connectivity index (χ0) is 16.5. The number of rotatable bonds is 3. The number of fused-ring (bicyclic) bond motifs is 2. The highest BCUT2D eigenvalue weighted by atomic mass is 16.5. The van der Waals surface area contributed by atoms with Gasteiger partial charge >= 0.3 is 0 Å². The van der Waals surface area contributed by atoms with Gasteiger partial charge in [0.25, 0.3) is 5.91 Å².